The minimum atomic E-state index is -0.369. The van der Waals surface area contributed by atoms with Crippen molar-refractivity contribution >= 4 is 23.5 Å². The van der Waals surface area contributed by atoms with E-state index < -0.39 is 0 Å². The summed E-state index contributed by atoms with van der Waals surface area (Å²) in [5.74, 6) is 0.354. The van der Waals surface area contributed by atoms with Gasteiger partial charge in [0.25, 0.3) is 5.91 Å². The van der Waals surface area contributed by atoms with Crippen molar-refractivity contribution in [3.63, 3.8) is 0 Å². The van der Waals surface area contributed by atoms with Crippen molar-refractivity contribution in [3.8, 4) is 5.75 Å². The second-order valence-corrected chi connectivity index (χ2v) is 9.11. The van der Waals surface area contributed by atoms with Gasteiger partial charge >= 0.3 is 5.97 Å². The highest BCUT2D eigenvalue weighted by Gasteiger charge is 2.25. The number of aromatic nitrogens is 1. The fraction of sp³-hybridized carbons (Fsp3) is 0.321. The van der Waals surface area contributed by atoms with Crippen molar-refractivity contribution in [2.75, 3.05) is 46.9 Å². The van der Waals surface area contributed by atoms with Crippen LogP contribution in [-0.4, -0.2) is 73.6 Å². The van der Waals surface area contributed by atoms with E-state index in [-0.39, 0.29) is 18.0 Å². The third kappa shape index (κ3) is 7.07. The first-order valence-corrected chi connectivity index (χ1v) is 12.4. The summed E-state index contributed by atoms with van der Waals surface area (Å²) in [6.07, 6.45) is 1.31. The summed E-state index contributed by atoms with van der Waals surface area (Å²) in [7, 11) is 3.01. The number of pyridine rings is 1. The zero-order valence-electron chi connectivity index (χ0n) is 20.9. The molecule has 0 aliphatic carbocycles. The number of methoxy groups -OCH3 is 2. The molecular formula is C28H30ClN3O5. The molecule has 37 heavy (non-hydrogen) atoms. The van der Waals surface area contributed by atoms with Gasteiger partial charge in [-0.3, -0.25) is 9.69 Å². The molecule has 0 saturated carbocycles. The molecule has 1 atom stereocenters. The topological polar surface area (TPSA) is 81.2 Å². The second-order valence-electron chi connectivity index (χ2n) is 8.73. The summed E-state index contributed by atoms with van der Waals surface area (Å²) in [5.41, 5.74) is 3.00. The van der Waals surface area contributed by atoms with Gasteiger partial charge in [0.1, 0.15) is 10.9 Å². The molecule has 2 heterocycles. The third-order valence-corrected chi connectivity index (χ3v) is 6.57. The number of amides is 1. The molecule has 1 aliphatic heterocycles. The Morgan fingerprint density at radius 2 is 1.70 bits per heavy atom. The molecule has 9 heteroatoms. The molecule has 1 amide bonds. The Morgan fingerprint density at radius 3 is 2.35 bits per heavy atom. The number of halogens is 1. The van der Waals surface area contributed by atoms with Gasteiger partial charge in [-0.2, -0.15) is 0 Å². The highest BCUT2D eigenvalue weighted by atomic mass is 35.5. The Kier molecular flexibility index (Phi) is 9.11. The largest absolute Gasteiger partial charge is 0.497 e. The lowest BCUT2D eigenvalue weighted by atomic mass is 10.1. The van der Waals surface area contributed by atoms with E-state index in [9.17, 15) is 9.59 Å². The lowest BCUT2D eigenvalue weighted by molar-refractivity contribution is 0.00331. The molecule has 0 N–H and O–H groups in total. The van der Waals surface area contributed by atoms with Crippen LogP contribution >= 0.6 is 11.6 Å². The maximum Gasteiger partial charge on any atom is 0.337 e. The summed E-state index contributed by atoms with van der Waals surface area (Å²) in [5, 5.41) is 0.365. The van der Waals surface area contributed by atoms with Crippen LogP contribution in [0.15, 0.2) is 66.9 Å². The first kappa shape index (κ1) is 26.6. The van der Waals surface area contributed by atoms with Gasteiger partial charge in [-0.05, 0) is 47.5 Å². The minimum absolute atomic E-state index is 0.0418. The normalized spacial score (nSPS) is 14.7. The van der Waals surface area contributed by atoms with E-state index in [1.165, 1.54) is 13.3 Å². The SMILES string of the molecule is COC(=O)c1ccc(CO[C@H](CN2CCN(C(=O)c3ccc(Cl)nc3)CC2)c2cccc(OC)c2)cc1. The number of carbonyl (C=O) groups is 2. The molecule has 1 aromatic heterocycles. The number of benzene rings is 2. The summed E-state index contributed by atoms with van der Waals surface area (Å²) in [4.78, 5) is 32.7. The average Bonchev–Trinajstić information content (AvgIpc) is 2.95. The van der Waals surface area contributed by atoms with Crippen molar-refractivity contribution in [1.82, 2.24) is 14.8 Å². The molecule has 1 aliphatic rings. The van der Waals surface area contributed by atoms with Crippen molar-refractivity contribution in [3.05, 3.63) is 94.3 Å². The Labute approximate surface area is 221 Å². The Morgan fingerprint density at radius 1 is 0.973 bits per heavy atom. The fourth-order valence-electron chi connectivity index (χ4n) is 4.20. The van der Waals surface area contributed by atoms with Crippen LogP contribution in [-0.2, 0) is 16.1 Å². The van der Waals surface area contributed by atoms with E-state index in [2.05, 4.69) is 9.88 Å². The molecule has 194 valence electrons. The number of piperazine rings is 1. The van der Waals surface area contributed by atoms with E-state index in [0.29, 0.717) is 42.5 Å². The summed E-state index contributed by atoms with van der Waals surface area (Å²) < 4.78 is 16.6. The molecule has 0 unspecified atom stereocenters. The Bertz CT molecular complexity index is 1200. The van der Waals surface area contributed by atoms with E-state index in [1.807, 2.05) is 41.3 Å². The first-order valence-electron chi connectivity index (χ1n) is 12.0. The van der Waals surface area contributed by atoms with Gasteiger partial charge < -0.3 is 19.1 Å². The molecule has 1 fully saturated rings. The number of hydrogen-bond donors (Lipinski definition) is 0. The molecular weight excluding hydrogens is 494 g/mol. The zero-order chi connectivity index (χ0) is 26.2. The molecule has 2 aromatic carbocycles. The molecule has 4 rings (SSSR count). The predicted molar refractivity (Wildman–Crippen MR) is 140 cm³/mol. The van der Waals surface area contributed by atoms with E-state index >= 15 is 0 Å². The van der Waals surface area contributed by atoms with Crippen LogP contribution in [0.4, 0.5) is 0 Å². The zero-order valence-corrected chi connectivity index (χ0v) is 21.7. The van der Waals surface area contributed by atoms with Gasteiger partial charge in [0.2, 0.25) is 0 Å². The van der Waals surface area contributed by atoms with E-state index in [1.54, 1.807) is 31.4 Å². The maximum atomic E-state index is 12.8. The number of nitrogens with zero attached hydrogens (tertiary/aromatic N) is 3. The fourth-order valence-corrected chi connectivity index (χ4v) is 4.31. The molecule has 0 bridgehead atoms. The molecule has 0 radical (unpaired) electrons. The number of rotatable bonds is 9. The maximum absolute atomic E-state index is 12.8. The van der Waals surface area contributed by atoms with Gasteiger partial charge in [0.05, 0.1) is 38.1 Å². The van der Waals surface area contributed by atoms with Crippen molar-refractivity contribution in [2.24, 2.45) is 0 Å². The standard InChI is InChI=1S/C28H30ClN3O5/c1-35-24-5-3-4-22(16-24)25(37-19-20-6-8-21(9-7-20)28(34)36-2)18-31-12-14-32(15-13-31)27(33)23-10-11-26(29)30-17-23/h3-11,16-17,25H,12-15,18-19H2,1-2H3/t25-/m1/s1. The van der Waals surface area contributed by atoms with Crippen LogP contribution < -0.4 is 4.74 Å². The third-order valence-electron chi connectivity index (χ3n) is 6.35. The lowest BCUT2D eigenvalue weighted by Gasteiger charge is -2.36. The Balaban J connectivity index is 1.40. The van der Waals surface area contributed by atoms with Crippen molar-refractivity contribution < 1.29 is 23.8 Å². The number of hydrogen-bond acceptors (Lipinski definition) is 7. The van der Waals surface area contributed by atoms with Crippen LogP contribution in [0.3, 0.4) is 0 Å². The smallest absolute Gasteiger partial charge is 0.337 e. The molecule has 8 nitrogen and oxygen atoms in total. The Hall–Kier alpha value is -3.46. The van der Waals surface area contributed by atoms with Crippen LogP contribution in [0.5, 0.6) is 5.75 Å². The summed E-state index contributed by atoms with van der Waals surface area (Å²) in [6.45, 7) is 3.72. The highest BCUT2D eigenvalue weighted by molar-refractivity contribution is 6.29. The first-order chi connectivity index (χ1) is 18.0. The van der Waals surface area contributed by atoms with Gasteiger partial charge in [-0.25, -0.2) is 9.78 Å². The quantitative estimate of drug-likeness (QED) is 0.306. The van der Waals surface area contributed by atoms with Gasteiger partial charge in [-0.1, -0.05) is 35.9 Å². The van der Waals surface area contributed by atoms with Crippen LogP contribution in [0.2, 0.25) is 5.15 Å². The molecule has 0 spiro atoms. The van der Waals surface area contributed by atoms with Crippen molar-refractivity contribution in [1.29, 1.82) is 0 Å². The monoisotopic (exact) mass is 523 g/mol. The summed E-state index contributed by atoms with van der Waals surface area (Å²) in [6, 6.07) is 18.4. The highest BCUT2D eigenvalue weighted by Crippen LogP contribution is 2.25. The van der Waals surface area contributed by atoms with E-state index in [0.717, 1.165) is 30.0 Å². The number of ether oxygens (including phenoxy) is 3. The van der Waals surface area contributed by atoms with Crippen molar-refractivity contribution in [2.45, 2.75) is 12.7 Å². The van der Waals surface area contributed by atoms with Crippen LogP contribution in [0.25, 0.3) is 0 Å². The molecule has 1 saturated heterocycles. The van der Waals surface area contributed by atoms with Gasteiger partial charge in [0, 0.05) is 38.9 Å². The predicted octanol–water partition coefficient (Wildman–Crippen LogP) is 4.25. The lowest BCUT2D eigenvalue weighted by Crippen LogP contribution is -2.49. The van der Waals surface area contributed by atoms with Gasteiger partial charge in [0.15, 0.2) is 0 Å². The van der Waals surface area contributed by atoms with Gasteiger partial charge in [-0.15, -0.1) is 0 Å². The van der Waals surface area contributed by atoms with E-state index in [4.69, 9.17) is 25.8 Å². The minimum Gasteiger partial charge on any atom is -0.497 e. The second kappa shape index (κ2) is 12.7. The summed E-state index contributed by atoms with van der Waals surface area (Å²) >= 11 is 5.85. The van der Waals surface area contributed by atoms with Crippen LogP contribution in [0, 0.1) is 0 Å². The average molecular weight is 524 g/mol. The molecule has 3 aromatic rings. The number of esters is 1. The number of carbonyl (C=O) groups excluding carboxylic acids is 2. The van der Waals surface area contributed by atoms with Crippen LogP contribution in [0.1, 0.15) is 37.9 Å².